The summed E-state index contributed by atoms with van der Waals surface area (Å²) < 4.78 is 5.58. The Morgan fingerprint density at radius 1 is 1.16 bits per heavy atom. The van der Waals surface area contributed by atoms with Gasteiger partial charge in [-0.15, -0.1) is 0 Å². The Morgan fingerprint density at radius 2 is 2.00 bits per heavy atom. The molecule has 0 unspecified atom stereocenters. The second-order valence-corrected chi connectivity index (χ2v) is 7.38. The lowest BCUT2D eigenvalue weighted by Crippen LogP contribution is -2.20. The van der Waals surface area contributed by atoms with Crippen molar-refractivity contribution < 1.29 is 14.0 Å². The van der Waals surface area contributed by atoms with Crippen LogP contribution in [0.15, 0.2) is 77.2 Å². The summed E-state index contributed by atoms with van der Waals surface area (Å²) in [5, 5.41) is 5.78. The summed E-state index contributed by atoms with van der Waals surface area (Å²) >= 11 is 0. The highest BCUT2D eigenvalue weighted by atomic mass is 16.3. The maximum atomic E-state index is 12.8. The minimum atomic E-state index is -0.212. The number of amides is 2. The average molecular weight is 430 g/mol. The Labute approximate surface area is 188 Å². The molecule has 6 heteroatoms. The van der Waals surface area contributed by atoms with Crippen LogP contribution in [-0.2, 0) is 16.1 Å². The van der Waals surface area contributed by atoms with E-state index in [0.717, 1.165) is 28.8 Å². The van der Waals surface area contributed by atoms with E-state index in [2.05, 4.69) is 15.6 Å². The first-order valence-electron chi connectivity index (χ1n) is 10.6. The van der Waals surface area contributed by atoms with Gasteiger partial charge in [0.2, 0.25) is 5.91 Å². The molecule has 2 aromatic heterocycles. The summed E-state index contributed by atoms with van der Waals surface area (Å²) in [6, 6.07) is 13.2. The third-order valence-corrected chi connectivity index (χ3v) is 4.78. The van der Waals surface area contributed by atoms with Crippen LogP contribution in [0, 0.1) is 6.92 Å². The van der Waals surface area contributed by atoms with Crippen LogP contribution in [0.25, 0.3) is 12.2 Å². The van der Waals surface area contributed by atoms with Crippen LogP contribution in [0.4, 0.5) is 5.69 Å². The minimum Gasteiger partial charge on any atom is -0.464 e. The fraction of sp³-hybridized carbons (Fsp3) is 0.192. The number of aromatic nitrogens is 1. The number of hydrogen-bond acceptors (Lipinski definition) is 4. The van der Waals surface area contributed by atoms with E-state index in [9.17, 15) is 9.59 Å². The van der Waals surface area contributed by atoms with E-state index < -0.39 is 0 Å². The number of benzene rings is 1. The number of rotatable bonds is 9. The van der Waals surface area contributed by atoms with E-state index in [1.54, 1.807) is 36.9 Å². The van der Waals surface area contributed by atoms with Crippen LogP contribution in [0.2, 0.25) is 0 Å². The molecule has 0 saturated carbocycles. The van der Waals surface area contributed by atoms with Gasteiger partial charge < -0.3 is 15.1 Å². The fourth-order valence-electron chi connectivity index (χ4n) is 3.06. The monoisotopic (exact) mass is 429 g/mol. The number of carbonyl (C=O) groups is 2. The van der Waals surface area contributed by atoms with Gasteiger partial charge in [-0.3, -0.25) is 14.6 Å². The van der Waals surface area contributed by atoms with E-state index in [4.69, 9.17) is 4.42 Å². The van der Waals surface area contributed by atoms with E-state index in [-0.39, 0.29) is 11.8 Å². The summed E-state index contributed by atoms with van der Waals surface area (Å²) in [6.07, 6.45) is 11.3. The number of aryl methyl sites for hydroxylation is 1. The molecule has 0 aliphatic rings. The molecule has 6 nitrogen and oxygen atoms in total. The summed E-state index contributed by atoms with van der Waals surface area (Å²) in [6.45, 7) is 4.39. The molecule has 1 aromatic carbocycles. The first-order chi connectivity index (χ1) is 15.5. The SMILES string of the molecule is CCC/C(=C\c1cc(/C=C/C(=O)NCc2cccnc2)co1)C(=O)Nc1ccccc1C. The molecule has 0 saturated heterocycles. The largest absolute Gasteiger partial charge is 0.464 e. The van der Waals surface area contributed by atoms with Crippen LogP contribution >= 0.6 is 0 Å². The highest BCUT2D eigenvalue weighted by Crippen LogP contribution is 2.19. The minimum absolute atomic E-state index is 0.149. The standard InChI is InChI=1S/C26H27N3O3/c1-3-7-22(26(31)29-24-10-5-4-8-19(24)2)15-23-14-20(18-32-23)11-12-25(30)28-17-21-9-6-13-27-16-21/h4-6,8-16,18H,3,7,17H2,1-2H3,(H,28,30)(H,29,31)/b12-11+,22-15+. The molecule has 0 aliphatic carbocycles. The Balaban J connectivity index is 1.62. The molecule has 3 aromatic rings. The molecule has 2 heterocycles. The van der Waals surface area contributed by atoms with Gasteiger partial charge in [0.25, 0.3) is 5.91 Å². The number of carbonyl (C=O) groups excluding carboxylic acids is 2. The molecular weight excluding hydrogens is 402 g/mol. The van der Waals surface area contributed by atoms with Gasteiger partial charge in [0.05, 0.1) is 6.26 Å². The summed E-state index contributed by atoms with van der Waals surface area (Å²) in [5.41, 5.74) is 4.10. The number of pyridine rings is 1. The second-order valence-electron chi connectivity index (χ2n) is 7.38. The maximum Gasteiger partial charge on any atom is 0.251 e. The number of para-hydroxylation sites is 1. The Kier molecular flexibility index (Phi) is 8.15. The van der Waals surface area contributed by atoms with Gasteiger partial charge in [-0.05, 0) is 54.8 Å². The van der Waals surface area contributed by atoms with E-state index in [1.807, 2.05) is 50.2 Å². The molecule has 0 radical (unpaired) electrons. The Hall–Kier alpha value is -3.93. The normalized spacial score (nSPS) is 11.5. The molecule has 0 atom stereocenters. The third-order valence-electron chi connectivity index (χ3n) is 4.78. The molecule has 0 aliphatic heterocycles. The quantitative estimate of drug-likeness (QED) is 0.462. The smallest absolute Gasteiger partial charge is 0.251 e. The number of nitrogens with one attached hydrogen (secondary N) is 2. The molecule has 3 rings (SSSR count). The second kappa shape index (κ2) is 11.5. The number of anilines is 1. The summed E-state index contributed by atoms with van der Waals surface area (Å²) in [5.74, 6) is 0.199. The zero-order chi connectivity index (χ0) is 22.8. The Morgan fingerprint density at radius 3 is 2.75 bits per heavy atom. The fourth-order valence-corrected chi connectivity index (χ4v) is 3.06. The van der Waals surface area contributed by atoms with Gasteiger partial charge >= 0.3 is 0 Å². The van der Waals surface area contributed by atoms with Crippen LogP contribution in [0.1, 0.15) is 42.2 Å². The van der Waals surface area contributed by atoms with Crippen molar-refractivity contribution in [2.45, 2.75) is 33.2 Å². The van der Waals surface area contributed by atoms with Crippen molar-refractivity contribution in [1.29, 1.82) is 0 Å². The van der Waals surface area contributed by atoms with Gasteiger partial charge in [0, 0.05) is 41.8 Å². The predicted octanol–water partition coefficient (Wildman–Crippen LogP) is 5.13. The van der Waals surface area contributed by atoms with Crippen molar-refractivity contribution in [1.82, 2.24) is 10.3 Å². The van der Waals surface area contributed by atoms with Crippen molar-refractivity contribution in [2.24, 2.45) is 0 Å². The lowest BCUT2D eigenvalue weighted by Gasteiger charge is -2.10. The number of hydrogen-bond donors (Lipinski definition) is 2. The van der Waals surface area contributed by atoms with Crippen LogP contribution in [0.5, 0.6) is 0 Å². The van der Waals surface area contributed by atoms with Crippen molar-refractivity contribution in [3.63, 3.8) is 0 Å². The molecule has 0 spiro atoms. The molecule has 2 N–H and O–H groups in total. The molecule has 164 valence electrons. The van der Waals surface area contributed by atoms with Gasteiger partial charge in [-0.2, -0.15) is 0 Å². The molecule has 0 bridgehead atoms. The number of nitrogens with zero attached hydrogens (tertiary/aromatic N) is 1. The van der Waals surface area contributed by atoms with E-state index in [1.165, 1.54) is 6.08 Å². The van der Waals surface area contributed by atoms with Gasteiger partial charge in [-0.25, -0.2) is 0 Å². The highest BCUT2D eigenvalue weighted by Gasteiger charge is 2.11. The summed E-state index contributed by atoms with van der Waals surface area (Å²) in [7, 11) is 0. The first-order valence-corrected chi connectivity index (χ1v) is 10.6. The lowest BCUT2D eigenvalue weighted by atomic mass is 10.1. The topological polar surface area (TPSA) is 84.2 Å². The van der Waals surface area contributed by atoms with Crippen molar-refractivity contribution in [2.75, 3.05) is 5.32 Å². The van der Waals surface area contributed by atoms with Crippen LogP contribution < -0.4 is 10.6 Å². The van der Waals surface area contributed by atoms with Crippen molar-refractivity contribution in [3.05, 3.63) is 95.2 Å². The first kappa shape index (κ1) is 22.7. The average Bonchev–Trinajstić information content (AvgIpc) is 3.25. The predicted molar refractivity (Wildman–Crippen MR) is 127 cm³/mol. The molecule has 0 fully saturated rings. The lowest BCUT2D eigenvalue weighted by molar-refractivity contribution is -0.116. The Bertz CT molecular complexity index is 1110. The van der Waals surface area contributed by atoms with Crippen LogP contribution in [0.3, 0.4) is 0 Å². The highest BCUT2D eigenvalue weighted by molar-refractivity contribution is 6.06. The third kappa shape index (κ3) is 6.80. The zero-order valence-electron chi connectivity index (χ0n) is 18.3. The summed E-state index contributed by atoms with van der Waals surface area (Å²) in [4.78, 5) is 28.8. The van der Waals surface area contributed by atoms with Gasteiger partial charge in [-0.1, -0.05) is 37.6 Å². The maximum absolute atomic E-state index is 12.8. The van der Waals surface area contributed by atoms with Gasteiger partial charge in [0.15, 0.2) is 0 Å². The molecule has 32 heavy (non-hydrogen) atoms. The molecule has 2 amide bonds. The van der Waals surface area contributed by atoms with Crippen LogP contribution in [-0.4, -0.2) is 16.8 Å². The van der Waals surface area contributed by atoms with Crippen molar-refractivity contribution >= 4 is 29.7 Å². The van der Waals surface area contributed by atoms with E-state index >= 15 is 0 Å². The zero-order valence-corrected chi connectivity index (χ0v) is 18.3. The van der Waals surface area contributed by atoms with Crippen molar-refractivity contribution in [3.8, 4) is 0 Å². The molecular formula is C26H27N3O3. The van der Waals surface area contributed by atoms with E-state index in [0.29, 0.717) is 24.3 Å². The number of furan rings is 1. The van der Waals surface area contributed by atoms with Gasteiger partial charge in [0.1, 0.15) is 5.76 Å².